The van der Waals surface area contributed by atoms with E-state index in [0.717, 1.165) is 25.7 Å². The van der Waals surface area contributed by atoms with Crippen molar-refractivity contribution in [3.8, 4) is 0 Å². The van der Waals surface area contributed by atoms with Crippen LogP contribution in [0.3, 0.4) is 0 Å². The van der Waals surface area contributed by atoms with Crippen LogP contribution in [-0.2, 0) is 4.79 Å². The molecule has 100 valence electrons. The first kappa shape index (κ1) is 14.5. The van der Waals surface area contributed by atoms with E-state index < -0.39 is 17.0 Å². The normalized spacial score (nSPS) is 33.8. The molecule has 0 aromatic carbocycles. The van der Waals surface area contributed by atoms with Gasteiger partial charge in [0.25, 0.3) is 0 Å². The lowest BCUT2D eigenvalue weighted by Gasteiger charge is -2.42. The molecule has 1 rings (SSSR count). The summed E-state index contributed by atoms with van der Waals surface area (Å²) in [6.07, 6.45) is 5.56. The Morgan fingerprint density at radius 2 is 2.06 bits per heavy atom. The highest BCUT2D eigenvalue weighted by Gasteiger charge is 2.51. The SMILES string of the molecule is CCCC(C)(C(=O)O)C1(O)CCCC(C)CC1. The Morgan fingerprint density at radius 1 is 1.41 bits per heavy atom. The van der Waals surface area contributed by atoms with Crippen LogP contribution < -0.4 is 0 Å². The lowest BCUT2D eigenvalue weighted by molar-refractivity contribution is -0.170. The van der Waals surface area contributed by atoms with Crippen molar-refractivity contribution in [3.63, 3.8) is 0 Å². The van der Waals surface area contributed by atoms with Crippen LogP contribution in [0.2, 0.25) is 0 Å². The van der Waals surface area contributed by atoms with Crippen LogP contribution in [0.4, 0.5) is 0 Å². The molecule has 0 aromatic rings. The molecule has 3 atom stereocenters. The summed E-state index contributed by atoms with van der Waals surface area (Å²) in [4.78, 5) is 11.5. The topological polar surface area (TPSA) is 57.5 Å². The molecule has 0 saturated heterocycles. The molecule has 1 aliphatic rings. The summed E-state index contributed by atoms with van der Waals surface area (Å²) in [6.45, 7) is 5.88. The van der Waals surface area contributed by atoms with Crippen LogP contribution in [0.25, 0.3) is 0 Å². The molecule has 0 spiro atoms. The maximum absolute atomic E-state index is 11.5. The van der Waals surface area contributed by atoms with Crippen LogP contribution in [0, 0.1) is 11.3 Å². The molecule has 3 unspecified atom stereocenters. The highest BCUT2D eigenvalue weighted by atomic mass is 16.4. The predicted octanol–water partition coefficient (Wildman–Crippen LogP) is 3.21. The molecule has 3 heteroatoms. The fourth-order valence-electron chi connectivity index (χ4n) is 3.09. The van der Waals surface area contributed by atoms with E-state index >= 15 is 0 Å². The van der Waals surface area contributed by atoms with Gasteiger partial charge < -0.3 is 10.2 Å². The van der Waals surface area contributed by atoms with Crippen molar-refractivity contribution in [2.75, 3.05) is 0 Å². The lowest BCUT2D eigenvalue weighted by Crippen LogP contribution is -2.51. The minimum Gasteiger partial charge on any atom is -0.481 e. The van der Waals surface area contributed by atoms with Crippen molar-refractivity contribution < 1.29 is 15.0 Å². The van der Waals surface area contributed by atoms with E-state index in [1.165, 1.54) is 0 Å². The van der Waals surface area contributed by atoms with Gasteiger partial charge in [-0.1, -0.05) is 33.1 Å². The zero-order valence-electron chi connectivity index (χ0n) is 11.3. The number of carboxylic acid groups (broad SMARTS) is 1. The summed E-state index contributed by atoms with van der Waals surface area (Å²) in [5.41, 5.74) is -2.02. The number of hydrogen-bond donors (Lipinski definition) is 2. The van der Waals surface area contributed by atoms with Crippen molar-refractivity contribution >= 4 is 5.97 Å². The second-order valence-corrected chi connectivity index (χ2v) is 5.95. The first-order valence-electron chi connectivity index (χ1n) is 6.81. The van der Waals surface area contributed by atoms with Gasteiger partial charge in [-0.15, -0.1) is 0 Å². The van der Waals surface area contributed by atoms with Crippen LogP contribution in [0.15, 0.2) is 0 Å². The number of carboxylic acids is 1. The molecule has 3 nitrogen and oxygen atoms in total. The first-order chi connectivity index (χ1) is 7.85. The number of hydrogen-bond acceptors (Lipinski definition) is 2. The monoisotopic (exact) mass is 242 g/mol. The Kier molecular flexibility index (Phi) is 4.59. The molecular weight excluding hydrogens is 216 g/mol. The van der Waals surface area contributed by atoms with Crippen LogP contribution in [-0.4, -0.2) is 21.8 Å². The number of carbonyl (C=O) groups is 1. The van der Waals surface area contributed by atoms with E-state index in [0.29, 0.717) is 25.2 Å². The summed E-state index contributed by atoms with van der Waals surface area (Å²) in [6, 6.07) is 0. The van der Waals surface area contributed by atoms with Gasteiger partial charge in [-0.25, -0.2) is 0 Å². The second-order valence-electron chi connectivity index (χ2n) is 5.95. The van der Waals surface area contributed by atoms with Gasteiger partial charge >= 0.3 is 5.97 Å². The van der Waals surface area contributed by atoms with Gasteiger partial charge in [0.1, 0.15) is 0 Å². The molecule has 0 heterocycles. The van der Waals surface area contributed by atoms with Gasteiger partial charge in [-0.05, 0) is 38.5 Å². The fourth-order valence-corrected chi connectivity index (χ4v) is 3.09. The van der Waals surface area contributed by atoms with Crippen LogP contribution in [0.5, 0.6) is 0 Å². The Balaban J connectivity index is 2.94. The summed E-state index contributed by atoms with van der Waals surface area (Å²) in [5.74, 6) is -0.250. The van der Waals surface area contributed by atoms with E-state index in [1.54, 1.807) is 6.92 Å². The van der Waals surface area contributed by atoms with Gasteiger partial charge in [0.2, 0.25) is 0 Å². The summed E-state index contributed by atoms with van der Waals surface area (Å²) < 4.78 is 0. The van der Waals surface area contributed by atoms with Crippen LogP contribution in [0.1, 0.15) is 65.7 Å². The molecule has 2 N–H and O–H groups in total. The largest absolute Gasteiger partial charge is 0.481 e. The Bertz CT molecular complexity index is 277. The van der Waals surface area contributed by atoms with Crippen molar-refractivity contribution in [3.05, 3.63) is 0 Å². The third-order valence-corrected chi connectivity index (χ3v) is 4.59. The minimum atomic E-state index is -1.03. The number of aliphatic hydroxyl groups is 1. The molecule has 0 radical (unpaired) electrons. The van der Waals surface area contributed by atoms with E-state index in [1.807, 2.05) is 6.92 Å². The third kappa shape index (κ3) is 2.82. The van der Waals surface area contributed by atoms with Crippen LogP contribution >= 0.6 is 0 Å². The molecule has 0 bridgehead atoms. The van der Waals surface area contributed by atoms with Gasteiger partial charge in [0.05, 0.1) is 11.0 Å². The van der Waals surface area contributed by atoms with Gasteiger partial charge in [-0.3, -0.25) is 4.79 Å². The minimum absolute atomic E-state index is 0.549. The van der Waals surface area contributed by atoms with Gasteiger partial charge in [0, 0.05) is 0 Å². The lowest BCUT2D eigenvalue weighted by atomic mass is 9.66. The second kappa shape index (κ2) is 5.38. The van der Waals surface area contributed by atoms with Crippen molar-refractivity contribution in [2.45, 2.75) is 71.3 Å². The Labute approximate surface area is 104 Å². The van der Waals surface area contributed by atoms with E-state index in [4.69, 9.17) is 0 Å². The maximum atomic E-state index is 11.5. The Hall–Kier alpha value is -0.570. The van der Waals surface area contributed by atoms with E-state index in [2.05, 4.69) is 6.92 Å². The number of rotatable bonds is 4. The molecule has 1 fully saturated rings. The van der Waals surface area contributed by atoms with E-state index in [-0.39, 0.29) is 0 Å². The Morgan fingerprint density at radius 3 is 2.59 bits per heavy atom. The standard InChI is InChI=1S/C14H26O3/c1-4-8-13(3,12(15)16)14(17)9-5-6-11(2)7-10-14/h11,17H,4-10H2,1-3H3,(H,15,16). The summed E-state index contributed by atoms with van der Waals surface area (Å²) in [5, 5.41) is 20.3. The fraction of sp³-hybridized carbons (Fsp3) is 0.929. The summed E-state index contributed by atoms with van der Waals surface area (Å²) in [7, 11) is 0. The molecular formula is C14H26O3. The third-order valence-electron chi connectivity index (χ3n) is 4.59. The average molecular weight is 242 g/mol. The molecule has 17 heavy (non-hydrogen) atoms. The average Bonchev–Trinajstić information content (AvgIpc) is 2.42. The molecule has 1 aliphatic carbocycles. The maximum Gasteiger partial charge on any atom is 0.312 e. The van der Waals surface area contributed by atoms with E-state index in [9.17, 15) is 15.0 Å². The van der Waals surface area contributed by atoms with Crippen molar-refractivity contribution in [1.29, 1.82) is 0 Å². The van der Waals surface area contributed by atoms with Gasteiger partial charge in [0.15, 0.2) is 0 Å². The molecule has 1 saturated carbocycles. The predicted molar refractivity (Wildman–Crippen MR) is 67.8 cm³/mol. The zero-order chi connectivity index (χ0) is 13.1. The smallest absolute Gasteiger partial charge is 0.312 e. The molecule has 0 aromatic heterocycles. The number of aliphatic carboxylic acids is 1. The van der Waals surface area contributed by atoms with Gasteiger partial charge in [-0.2, -0.15) is 0 Å². The van der Waals surface area contributed by atoms with Crippen molar-refractivity contribution in [2.24, 2.45) is 11.3 Å². The zero-order valence-corrected chi connectivity index (χ0v) is 11.3. The molecule has 0 aliphatic heterocycles. The molecule has 0 amide bonds. The van der Waals surface area contributed by atoms with Crippen molar-refractivity contribution in [1.82, 2.24) is 0 Å². The highest BCUT2D eigenvalue weighted by molar-refractivity contribution is 5.75. The first-order valence-corrected chi connectivity index (χ1v) is 6.81. The summed E-state index contributed by atoms with van der Waals surface area (Å²) >= 11 is 0. The highest BCUT2D eigenvalue weighted by Crippen LogP contribution is 2.45. The quantitative estimate of drug-likeness (QED) is 0.744.